The SMILES string of the molecule is Cc1noc(C)c1CC(=O)N1Cc2cnc(C(C)(C)C)nc2C1. The minimum Gasteiger partial charge on any atom is -0.361 e. The zero-order chi connectivity index (χ0) is 16.8. The molecule has 3 heterocycles. The Morgan fingerprint density at radius 3 is 2.65 bits per heavy atom. The summed E-state index contributed by atoms with van der Waals surface area (Å²) in [6, 6.07) is 0. The van der Waals surface area contributed by atoms with E-state index in [0.29, 0.717) is 25.3 Å². The number of rotatable bonds is 2. The van der Waals surface area contributed by atoms with E-state index < -0.39 is 0 Å². The van der Waals surface area contributed by atoms with E-state index in [1.165, 1.54) is 0 Å². The first kappa shape index (κ1) is 15.6. The summed E-state index contributed by atoms with van der Waals surface area (Å²) < 4.78 is 5.13. The summed E-state index contributed by atoms with van der Waals surface area (Å²) in [5, 5.41) is 3.91. The maximum atomic E-state index is 12.6. The molecule has 1 aliphatic heterocycles. The zero-order valence-electron chi connectivity index (χ0n) is 14.3. The van der Waals surface area contributed by atoms with Crippen LogP contribution in [0.4, 0.5) is 0 Å². The Balaban J connectivity index is 1.75. The molecule has 2 aromatic rings. The number of aromatic nitrogens is 3. The van der Waals surface area contributed by atoms with Crippen molar-refractivity contribution in [3.05, 3.63) is 40.3 Å². The lowest BCUT2D eigenvalue weighted by Gasteiger charge is -2.16. The summed E-state index contributed by atoms with van der Waals surface area (Å²) in [4.78, 5) is 23.5. The van der Waals surface area contributed by atoms with E-state index in [2.05, 4.69) is 35.9 Å². The lowest BCUT2D eigenvalue weighted by atomic mass is 9.95. The van der Waals surface area contributed by atoms with Gasteiger partial charge in [0.05, 0.1) is 24.4 Å². The molecule has 0 fully saturated rings. The largest absolute Gasteiger partial charge is 0.361 e. The van der Waals surface area contributed by atoms with Crippen molar-refractivity contribution in [3.63, 3.8) is 0 Å². The summed E-state index contributed by atoms with van der Waals surface area (Å²) in [7, 11) is 0. The zero-order valence-corrected chi connectivity index (χ0v) is 14.3. The van der Waals surface area contributed by atoms with Gasteiger partial charge in [-0.3, -0.25) is 4.79 Å². The molecule has 23 heavy (non-hydrogen) atoms. The topological polar surface area (TPSA) is 72.1 Å². The number of hydrogen-bond acceptors (Lipinski definition) is 5. The van der Waals surface area contributed by atoms with Gasteiger partial charge in [0.1, 0.15) is 11.6 Å². The van der Waals surface area contributed by atoms with Gasteiger partial charge >= 0.3 is 0 Å². The molecule has 1 aliphatic rings. The van der Waals surface area contributed by atoms with Gasteiger partial charge in [-0.05, 0) is 13.8 Å². The lowest BCUT2D eigenvalue weighted by Crippen LogP contribution is -2.27. The van der Waals surface area contributed by atoms with Crippen molar-refractivity contribution in [1.29, 1.82) is 0 Å². The average molecular weight is 314 g/mol. The second-order valence-electron chi connectivity index (χ2n) is 7.14. The molecule has 0 radical (unpaired) electrons. The van der Waals surface area contributed by atoms with Gasteiger partial charge in [-0.25, -0.2) is 9.97 Å². The van der Waals surface area contributed by atoms with Crippen LogP contribution >= 0.6 is 0 Å². The van der Waals surface area contributed by atoms with Crippen molar-refractivity contribution < 1.29 is 9.32 Å². The van der Waals surface area contributed by atoms with Crippen LogP contribution in [0.25, 0.3) is 0 Å². The van der Waals surface area contributed by atoms with E-state index >= 15 is 0 Å². The molecule has 3 rings (SSSR count). The van der Waals surface area contributed by atoms with E-state index in [4.69, 9.17) is 4.52 Å². The average Bonchev–Trinajstić information content (AvgIpc) is 3.03. The molecule has 0 atom stereocenters. The number of hydrogen-bond donors (Lipinski definition) is 0. The molecule has 0 saturated heterocycles. The quantitative estimate of drug-likeness (QED) is 0.851. The van der Waals surface area contributed by atoms with Gasteiger partial charge in [-0.15, -0.1) is 0 Å². The highest BCUT2D eigenvalue weighted by Gasteiger charge is 2.28. The van der Waals surface area contributed by atoms with Crippen molar-refractivity contribution in [2.24, 2.45) is 0 Å². The van der Waals surface area contributed by atoms with Gasteiger partial charge in [0.15, 0.2) is 0 Å². The molecule has 0 saturated carbocycles. The first-order valence-corrected chi connectivity index (χ1v) is 7.80. The molecule has 0 unspecified atom stereocenters. The monoisotopic (exact) mass is 314 g/mol. The van der Waals surface area contributed by atoms with Crippen molar-refractivity contribution in [2.75, 3.05) is 0 Å². The number of aryl methyl sites for hydroxylation is 2. The van der Waals surface area contributed by atoms with Crippen LogP contribution in [-0.2, 0) is 29.7 Å². The Morgan fingerprint density at radius 2 is 2.04 bits per heavy atom. The third kappa shape index (κ3) is 2.98. The Morgan fingerprint density at radius 1 is 1.30 bits per heavy atom. The highest BCUT2D eigenvalue weighted by atomic mass is 16.5. The van der Waals surface area contributed by atoms with Crippen molar-refractivity contribution in [3.8, 4) is 0 Å². The molecular formula is C17H22N4O2. The third-order valence-electron chi connectivity index (χ3n) is 4.19. The van der Waals surface area contributed by atoms with Crippen LogP contribution in [0.5, 0.6) is 0 Å². The number of carbonyl (C=O) groups excluding carboxylic acids is 1. The maximum absolute atomic E-state index is 12.6. The van der Waals surface area contributed by atoms with Gasteiger partial charge in [0.25, 0.3) is 0 Å². The van der Waals surface area contributed by atoms with E-state index in [1.807, 2.05) is 24.9 Å². The van der Waals surface area contributed by atoms with Crippen molar-refractivity contribution in [1.82, 2.24) is 20.0 Å². The van der Waals surface area contributed by atoms with Crippen LogP contribution in [0.1, 0.15) is 54.9 Å². The summed E-state index contributed by atoms with van der Waals surface area (Å²) in [6.45, 7) is 11.1. The van der Waals surface area contributed by atoms with Gasteiger partial charge < -0.3 is 9.42 Å². The highest BCUT2D eigenvalue weighted by Crippen LogP contribution is 2.25. The molecule has 1 amide bonds. The summed E-state index contributed by atoms with van der Waals surface area (Å²) in [5.41, 5.74) is 3.56. The fourth-order valence-corrected chi connectivity index (χ4v) is 2.71. The molecule has 6 heteroatoms. The number of fused-ring (bicyclic) bond motifs is 1. The fourth-order valence-electron chi connectivity index (χ4n) is 2.71. The number of carbonyl (C=O) groups is 1. The Labute approximate surface area is 135 Å². The summed E-state index contributed by atoms with van der Waals surface area (Å²) >= 11 is 0. The summed E-state index contributed by atoms with van der Waals surface area (Å²) in [5.74, 6) is 1.59. The lowest BCUT2D eigenvalue weighted by molar-refractivity contribution is -0.131. The molecular weight excluding hydrogens is 292 g/mol. The van der Waals surface area contributed by atoms with Gasteiger partial charge in [-0.2, -0.15) is 0 Å². The smallest absolute Gasteiger partial charge is 0.227 e. The van der Waals surface area contributed by atoms with Gasteiger partial charge in [-0.1, -0.05) is 25.9 Å². The minimum atomic E-state index is -0.0941. The van der Waals surface area contributed by atoms with Crippen LogP contribution in [-0.4, -0.2) is 25.9 Å². The second-order valence-corrected chi connectivity index (χ2v) is 7.14. The van der Waals surface area contributed by atoms with Crippen LogP contribution in [0.2, 0.25) is 0 Å². The van der Waals surface area contributed by atoms with Crippen LogP contribution in [0.15, 0.2) is 10.7 Å². The second kappa shape index (κ2) is 5.44. The predicted octanol–water partition coefficient (Wildman–Crippen LogP) is 2.46. The maximum Gasteiger partial charge on any atom is 0.227 e. The number of amides is 1. The molecule has 6 nitrogen and oxygen atoms in total. The Bertz CT molecular complexity index is 739. The third-order valence-corrected chi connectivity index (χ3v) is 4.19. The van der Waals surface area contributed by atoms with Crippen LogP contribution < -0.4 is 0 Å². The Kier molecular flexibility index (Phi) is 3.70. The van der Waals surface area contributed by atoms with E-state index in [9.17, 15) is 4.79 Å². The molecule has 2 aromatic heterocycles. The number of nitrogens with zero attached hydrogens (tertiary/aromatic N) is 4. The molecule has 0 aliphatic carbocycles. The predicted molar refractivity (Wildman–Crippen MR) is 84.7 cm³/mol. The first-order valence-electron chi connectivity index (χ1n) is 7.80. The molecule has 0 aromatic carbocycles. The molecule has 0 spiro atoms. The van der Waals surface area contributed by atoms with Gasteiger partial charge in [0, 0.05) is 29.3 Å². The normalized spacial score (nSPS) is 14.2. The van der Waals surface area contributed by atoms with Gasteiger partial charge in [0.2, 0.25) is 5.91 Å². The molecule has 0 N–H and O–H groups in total. The standard InChI is InChI=1S/C17H22N4O2/c1-10-13(11(2)23-20-10)6-15(22)21-8-12-7-18-16(17(3,4)5)19-14(12)9-21/h7H,6,8-9H2,1-5H3. The minimum absolute atomic E-state index is 0.0645. The fraction of sp³-hybridized carbons (Fsp3) is 0.529. The van der Waals surface area contributed by atoms with Crippen molar-refractivity contribution in [2.45, 2.75) is 59.5 Å². The van der Waals surface area contributed by atoms with E-state index in [-0.39, 0.29) is 11.3 Å². The van der Waals surface area contributed by atoms with Crippen LogP contribution in [0.3, 0.4) is 0 Å². The molecule has 0 bridgehead atoms. The van der Waals surface area contributed by atoms with E-state index in [1.54, 1.807) is 0 Å². The first-order chi connectivity index (χ1) is 10.8. The highest BCUT2D eigenvalue weighted by molar-refractivity contribution is 5.79. The van der Waals surface area contributed by atoms with E-state index in [0.717, 1.165) is 28.3 Å². The summed E-state index contributed by atoms with van der Waals surface area (Å²) in [6.07, 6.45) is 2.17. The van der Waals surface area contributed by atoms with Crippen LogP contribution in [0, 0.1) is 13.8 Å². The molecule has 122 valence electrons. The Hall–Kier alpha value is -2.24. The van der Waals surface area contributed by atoms with Crippen molar-refractivity contribution >= 4 is 5.91 Å².